The van der Waals surface area contributed by atoms with E-state index in [-0.39, 0.29) is 18.5 Å². The lowest BCUT2D eigenvalue weighted by Gasteiger charge is -2.06. The van der Waals surface area contributed by atoms with Crippen molar-refractivity contribution in [2.75, 3.05) is 6.67 Å². The minimum atomic E-state index is -0.321. The average molecular weight is 254 g/mol. The molecule has 2 rings (SSSR count). The van der Waals surface area contributed by atoms with Crippen LogP contribution in [0.15, 0.2) is 55.1 Å². The first-order valence-electron chi connectivity index (χ1n) is 5.88. The third kappa shape index (κ3) is 3.19. The maximum atomic E-state index is 11.9. The van der Waals surface area contributed by atoms with E-state index in [1.807, 2.05) is 36.4 Å². The van der Waals surface area contributed by atoms with E-state index >= 15 is 0 Å². The van der Waals surface area contributed by atoms with Gasteiger partial charge >= 0.3 is 0 Å². The molecule has 2 amide bonds. The van der Waals surface area contributed by atoms with Crippen LogP contribution in [-0.4, -0.2) is 18.5 Å². The summed E-state index contributed by atoms with van der Waals surface area (Å²) in [7, 11) is 0. The summed E-state index contributed by atoms with van der Waals surface area (Å²) in [5, 5.41) is 7.18. The van der Waals surface area contributed by atoms with E-state index < -0.39 is 0 Å². The minimum Gasteiger partial charge on any atom is -0.335 e. The van der Waals surface area contributed by atoms with Gasteiger partial charge in [0.15, 0.2) is 0 Å². The molecule has 0 aliphatic rings. The largest absolute Gasteiger partial charge is 0.335 e. The lowest BCUT2D eigenvalue weighted by atomic mass is 10.1. The van der Waals surface area contributed by atoms with Gasteiger partial charge in [-0.15, -0.1) is 0 Å². The molecule has 0 atom stereocenters. The van der Waals surface area contributed by atoms with Gasteiger partial charge in [0, 0.05) is 5.56 Å². The Balaban J connectivity index is 2.05. The van der Waals surface area contributed by atoms with E-state index in [1.54, 1.807) is 6.07 Å². The summed E-state index contributed by atoms with van der Waals surface area (Å²) < 4.78 is 0. The first kappa shape index (κ1) is 12.8. The molecule has 0 aliphatic carbocycles. The summed E-state index contributed by atoms with van der Waals surface area (Å²) in [6.45, 7) is 3.41. The van der Waals surface area contributed by atoms with Gasteiger partial charge in [-0.1, -0.05) is 36.9 Å². The van der Waals surface area contributed by atoms with Gasteiger partial charge in [-0.25, -0.2) is 0 Å². The second-order valence-corrected chi connectivity index (χ2v) is 3.99. The Bertz CT molecular complexity index is 635. The molecule has 19 heavy (non-hydrogen) atoms. The minimum absolute atomic E-state index is 0.0799. The first-order chi connectivity index (χ1) is 9.20. The molecule has 0 saturated heterocycles. The highest BCUT2D eigenvalue weighted by molar-refractivity contribution is 5.98. The van der Waals surface area contributed by atoms with E-state index in [1.165, 1.54) is 0 Å². The number of nitrogens with one attached hydrogen (secondary N) is 2. The number of amides is 2. The van der Waals surface area contributed by atoms with Crippen LogP contribution in [0.2, 0.25) is 0 Å². The van der Waals surface area contributed by atoms with Gasteiger partial charge in [-0.2, -0.15) is 0 Å². The molecule has 0 aliphatic heterocycles. The molecule has 2 aromatic carbocycles. The first-order valence-corrected chi connectivity index (χ1v) is 5.88. The Labute approximate surface area is 111 Å². The Morgan fingerprint density at radius 1 is 1.05 bits per heavy atom. The fourth-order valence-corrected chi connectivity index (χ4v) is 1.72. The number of carbonyl (C=O) groups is 2. The van der Waals surface area contributed by atoms with Crippen molar-refractivity contribution in [1.29, 1.82) is 0 Å². The highest BCUT2D eigenvalue weighted by Gasteiger charge is 2.05. The molecule has 0 spiro atoms. The topological polar surface area (TPSA) is 58.2 Å². The Kier molecular flexibility index (Phi) is 3.93. The second-order valence-electron chi connectivity index (χ2n) is 3.99. The van der Waals surface area contributed by atoms with Crippen molar-refractivity contribution in [2.45, 2.75) is 0 Å². The Hall–Kier alpha value is -2.62. The molecular weight excluding hydrogens is 240 g/mol. The van der Waals surface area contributed by atoms with Crippen molar-refractivity contribution in [3.63, 3.8) is 0 Å². The van der Waals surface area contributed by atoms with E-state index in [0.717, 1.165) is 16.8 Å². The van der Waals surface area contributed by atoms with Gasteiger partial charge in [0.05, 0.1) is 6.67 Å². The summed E-state index contributed by atoms with van der Waals surface area (Å²) in [6, 6.07) is 13.3. The SMILES string of the molecule is C=CC(=O)NCNC(=O)c1ccc2ccccc2c1. The van der Waals surface area contributed by atoms with Crippen molar-refractivity contribution in [3.05, 3.63) is 60.7 Å². The molecule has 2 aromatic rings. The molecule has 0 heterocycles. The number of benzene rings is 2. The van der Waals surface area contributed by atoms with E-state index in [4.69, 9.17) is 0 Å². The van der Waals surface area contributed by atoms with Gasteiger partial charge in [-0.05, 0) is 29.0 Å². The van der Waals surface area contributed by atoms with Gasteiger partial charge < -0.3 is 10.6 Å². The molecule has 0 bridgehead atoms. The second kappa shape index (κ2) is 5.82. The fraction of sp³-hybridized carbons (Fsp3) is 0.0667. The fourth-order valence-electron chi connectivity index (χ4n) is 1.72. The van der Waals surface area contributed by atoms with Crippen molar-refractivity contribution >= 4 is 22.6 Å². The van der Waals surface area contributed by atoms with Gasteiger partial charge in [-0.3, -0.25) is 9.59 Å². The van der Waals surface area contributed by atoms with Gasteiger partial charge in [0.25, 0.3) is 5.91 Å². The maximum absolute atomic E-state index is 11.9. The zero-order chi connectivity index (χ0) is 13.7. The third-order valence-electron chi connectivity index (χ3n) is 2.71. The van der Waals surface area contributed by atoms with E-state index in [2.05, 4.69) is 17.2 Å². The zero-order valence-corrected chi connectivity index (χ0v) is 10.3. The van der Waals surface area contributed by atoms with Crippen LogP contribution in [0.3, 0.4) is 0 Å². The smallest absolute Gasteiger partial charge is 0.252 e. The number of rotatable bonds is 4. The number of hydrogen-bond donors (Lipinski definition) is 2. The Morgan fingerprint density at radius 3 is 2.53 bits per heavy atom. The molecule has 0 aromatic heterocycles. The molecule has 4 nitrogen and oxygen atoms in total. The van der Waals surface area contributed by atoms with Crippen LogP contribution in [-0.2, 0) is 4.79 Å². The summed E-state index contributed by atoms with van der Waals surface area (Å²) >= 11 is 0. The summed E-state index contributed by atoms with van der Waals surface area (Å²) in [4.78, 5) is 22.8. The van der Waals surface area contributed by atoms with Crippen LogP contribution in [0.5, 0.6) is 0 Å². The maximum Gasteiger partial charge on any atom is 0.252 e. The van der Waals surface area contributed by atoms with Gasteiger partial charge in [0.1, 0.15) is 0 Å². The number of carbonyl (C=O) groups excluding carboxylic acids is 2. The number of fused-ring (bicyclic) bond motifs is 1. The highest BCUT2D eigenvalue weighted by atomic mass is 16.2. The molecule has 0 radical (unpaired) electrons. The predicted molar refractivity (Wildman–Crippen MR) is 74.6 cm³/mol. The van der Waals surface area contributed by atoms with Crippen LogP contribution in [0.25, 0.3) is 10.8 Å². The van der Waals surface area contributed by atoms with Crippen molar-refractivity contribution in [1.82, 2.24) is 10.6 Å². The molecular formula is C15H14N2O2. The highest BCUT2D eigenvalue weighted by Crippen LogP contribution is 2.15. The molecule has 0 saturated carbocycles. The zero-order valence-electron chi connectivity index (χ0n) is 10.3. The van der Waals surface area contributed by atoms with Crippen molar-refractivity contribution < 1.29 is 9.59 Å². The van der Waals surface area contributed by atoms with Crippen LogP contribution in [0.1, 0.15) is 10.4 Å². The molecule has 96 valence electrons. The molecule has 0 unspecified atom stereocenters. The van der Waals surface area contributed by atoms with Crippen LogP contribution in [0.4, 0.5) is 0 Å². The summed E-state index contributed by atoms with van der Waals surface area (Å²) in [5.74, 6) is -0.547. The molecule has 4 heteroatoms. The van der Waals surface area contributed by atoms with Crippen molar-refractivity contribution in [3.8, 4) is 0 Å². The molecule has 2 N–H and O–H groups in total. The number of hydrogen-bond acceptors (Lipinski definition) is 2. The van der Waals surface area contributed by atoms with Gasteiger partial charge in [0.2, 0.25) is 5.91 Å². The average Bonchev–Trinajstić information content (AvgIpc) is 2.46. The summed E-state index contributed by atoms with van der Waals surface area (Å²) in [5.41, 5.74) is 0.562. The van der Waals surface area contributed by atoms with E-state index in [0.29, 0.717) is 5.56 Å². The van der Waals surface area contributed by atoms with E-state index in [9.17, 15) is 9.59 Å². The van der Waals surface area contributed by atoms with Crippen LogP contribution >= 0.6 is 0 Å². The molecule has 0 fully saturated rings. The quantitative estimate of drug-likeness (QED) is 0.646. The Morgan fingerprint density at radius 2 is 1.79 bits per heavy atom. The third-order valence-corrected chi connectivity index (χ3v) is 2.71. The lowest BCUT2D eigenvalue weighted by molar-refractivity contribution is -0.116. The van der Waals surface area contributed by atoms with Crippen LogP contribution < -0.4 is 10.6 Å². The monoisotopic (exact) mass is 254 g/mol. The summed E-state index contributed by atoms with van der Waals surface area (Å²) in [6.07, 6.45) is 1.15. The standard InChI is InChI=1S/C15H14N2O2/c1-2-14(18)16-10-17-15(19)13-8-7-11-5-3-4-6-12(11)9-13/h2-9H,1,10H2,(H,16,18)(H,17,19). The van der Waals surface area contributed by atoms with Crippen molar-refractivity contribution in [2.24, 2.45) is 0 Å². The lowest BCUT2D eigenvalue weighted by Crippen LogP contribution is -2.36. The normalized spacial score (nSPS) is 9.89. The predicted octanol–water partition coefficient (Wildman–Crippen LogP) is 1.83. The van der Waals surface area contributed by atoms with Crippen LogP contribution in [0, 0.1) is 0 Å².